The van der Waals surface area contributed by atoms with Crippen LogP contribution in [0, 0.1) is 0 Å². The van der Waals surface area contributed by atoms with Crippen LogP contribution in [-0.4, -0.2) is 33.8 Å². The molecule has 0 aliphatic heterocycles. The van der Waals surface area contributed by atoms with E-state index < -0.39 is 12.0 Å². The van der Waals surface area contributed by atoms with Gasteiger partial charge in [0.05, 0.1) is 0 Å². The highest BCUT2D eigenvalue weighted by Crippen LogP contribution is 2.32. The maximum Gasteiger partial charge on any atom is 0.341 e. The summed E-state index contributed by atoms with van der Waals surface area (Å²) in [5.41, 5.74) is 0.0896. The molecule has 0 aliphatic carbocycles. The minimum atomic E-state index is -1.06. The molecule has 0 bridgehead atoms. The van der Waals surface area contributed by atoms with Crippen LogP contribution in [0.5, 0.6) is 0 Å². The number of nitrogens with zero attached hydrogens (tertiary/aromatic N) is 1. The molecule has 0 saturated carbocycles. The number of carboxylic acid groups (broad SMARTS) is 1. The van der Waals surface area contributed by atoms with Gasteiger partial charge in [0, 0.05) is 6.54 Å². The third-order valence-corrected chi connectivity index (χ3v) is 4.62. The van der Waals surface area contributed by atoms with Gasteiger partial charge in [-0.15, -0.1) is 11.8 Å². The van der Waals surface area contributed by atoms with Crippen molar-refractivity contribution in [3.63, 3.8) is 0 Å². The summed E-state index contributed by atoms with van der Waals surface area (Å²) in [6, 6.07) is -0.414. The summed E-state index contributed by atoms with van der Waals surface area (Å²) >= 11 is 2.44. The lowest BCUT2D eigenvalue weighted by Gasteiger charge is -2.04. The Balaban J connectivity index is 2.65. The fourth-order valence-corrected chi connectivity index (χ4v) is 3.60. The van der Waals surface area contributed by atoms with Crippen molar-refractivity contribution in [1.29, 1.82) is 0 Å². The van der Waals surface area contributed by atoms with Crippen molar-refractivity contribution in [2.75, 3.05) is 17.6 Å². The van der Waals surface area contributed by atoms with Crippen LogP contribution >= 0.6 is 23.3 Å². The van der Waals surface area contributed by atoms with Gasteiger partial charge in [-0.05, 0) is 30.6 Å². The molecule has 0 saturated heterocycles. The highest BCUT2D eigenvalue weighted by atomic mass is 32.2. The second-order valence-corrected chi connectivity index (χ2v) is 6.25. The number of aromatic carboxylic acids is 1. The van der Waals surface area contributed by atoms with Gasteiger partial charge in [0.2, 0.25) is 0 Å². The van der Waals surface area contributed by atoms with E-state index >= 15 is 0 Å². The molecule has 0 unspecified atom stereocenters. The Morgan fingerprint density at radius 3 is 2.67 bits per heavy atom. The molecule has 2 amide bonds. The van der Waals surface area contributed by atoms with Crippen molar-refractivity contribution >= 4 is 40.3 Å². The monoisotopic (exact) mass is 331 g/mol. The summed E-state index contributed by atoms with van der Waals surface area (Å²) in [7, 11) is 0. The van der Waals surface area contributed by atoms with Crippen molar-refractivity contribution in [2.24, 2.45) is 0 Å². The van der Waals surface area contributed by atoms with Gasteiger partial charge < -0.3 is 10.4 Å². The molecule has 0 radical (unpaired) electrons. The minimum absolute atomic E-state index is 0.0896. The number of anilines is 1. The Morgan fingerprint density at radius 1 is 1.29 bits per heavy atom. The SMILES string of the molecule is CCCCCCSc1nsc(NC(=O)NCC)c1C(=O)O. The first kappa shape index (κ1) is 17.8. The van der Waals surface area contributed by atoms with Crippen LogP contribution < -0.4 is 10.6 Å². The van der Waals surface area contributed by atoms with E-state index in [9.17, 15) is 14.7 Å². The van der Waals surface area contributed by atoms with Gasteiger partial charge in [0.25, 0.3) is 0 Å². The normalized spacial score (nSPS) is 10.4. The van der Waals surface area contributed by atoms with E-state index in [0.717, 1.165) is 30.1 Å². The summed E-state index contributed by atoms with van der Waals surface area (Å²) < 4.78 is 4.15. The second-order valence-electron chi connectivity index (χ2n) is 4.39. The Bertz CT molecular complexity index is 477. The van der Waals surface area contributed by atoms with Gasteiger partial charge in [-0.3, -0.25) is 5.32 Å². The fraction of sp³-hybridized carbons (Fsp3) is 0.615. The van der Waals surface area contributed by atoms with Crippen LogP contribution in [0.3, 0.4) is 0 Å². The molecule has 1 aromatic heterocycles. The van der Waals surface area contributed by atoms with Gasteiger partial charge >= 0.3 is 12.0 Å². The predicted molar refractivity (Wildman–Crippen MR) is 86.6 cm³/mol. The Kier molecular flexibility index (Phi) is 8.14. The molecule has 0 spiro atoms. The highest BCUT2D eigenvalue weighted by molar-refractivity contribution is 7.99. The largest absolute Gasteiger partial charge is 0.477 e. The topological polar surface area (TPSA) is 91.3 Å². The van der Waals surface area contributed by atoms with Gasteiger partial charge in [-0.25, -0.2) is 9.59 Å². The van der Waals surface area contributed by atoms with Crippen LogP contribution in [0.25, 0.3) is 0 Å². The number of nitrogens with one attached hydrogen (secondary N) is 2. The Hall–Kier alpha value is -1.28. The number of urea groups is 1. The number of carbonyl (C=O) groups excluding carboxylic acids is 1. The van der Waals surface area contributed by atoms with Crippen LogP contribution in [0.1, 0.15) is 49.9 Å². The number of carboxylic acids is 1. The highest BCUT2D eigenvalue weighted by Gasteiger charge is 2.21. The molecular formula is C13H21N3O3S2. The van der Waals surface area contributed by atoms with E-state index in [2.05, 4.69) is 21.9 Å². The van der Waals surface area contributed by atoms with Crippen LogP contribution in [-0.2, 0) is 0 Å². The lowest BCUT2D eigenvalue weighted by atomic mass is 10.2. The Morgan fingerprint density at radius 2 is 2.05 bits per heavy atom. The standard InChI is InChI=1S/C13H21N3O3S2/c1-3-5-6-7-8-20-11-9(12(17)18)10(21-16-11)15-13(19)14-4-2/h3-8H2,1-2H3,(H,17,18)(H2,14,15,19). The zero-order valence-corrected chi connectivity index (χ0v) is 13.9. The Labute approximate surface area is 132 Å². The number of hydrogen-bond acceptors (Lipinski definition) is 5. The molecule has 0 aromatic carbocycles. The number of hydrogen-bond donors (Lipinski definition) is 3. The van der Waals surface area contributed by atoms with E-state index in [1.165, 1.54) is 24.6 Å². The van der Waals surface area contributed by atoms with E-state index in [4.69, 9.17) is 0 Å². The maximum atomic E-state index is 11.5. The number of carbonyl (C=O) groups is 2. The quantitative estimate of drug-likeness (QED) is 0.474. The zero-order valence-electron chi connectivity index (χ0n) is 12.3. The first-order valence-corrected chi connectivity index (χ1v) is 8.76. The van der Waals surface area contributed by atoms with Crippen molar-refractivity contribution < 1.29 is 14.7 Å². The molecule has 0 fully saturated rings. The molecule has 3 N–H and O–H groups in total. The molecular weight excluding hydrogens is 310 g/mol. The third kappa shape index (κ3) is 5.92. The van der Waals surface area contributed by atoms with E-state index in [1.54, 1.807) is 6.92 Å². The number of aromatic nitrogens is 1. The minimum Gasteiger partial charge on any atom is -0.477 e. The average Bonchev–Trinajstić information content (AvgIpc) is 2.81. The van der Waals surface area contributed by atoms with E-state index in [0.29, 0.717) is 11.6 Å². The molecule has 1 aromatic rings. The number of thioether (sulfide) groups is 1. The van der Waals surface area contributed by atoms with Crippen molar-refractivity contribution in [3.05, 3.63) is 5.56 Å². The zero-order chi connectivity index (χ0) is 15.7. The number of rotatable bonds is 9. The number of amides is 2. The van der Waals surface area contributed by atoms with Crippen LogP contribution in [0.15, 0.2) is 5.03 Å². The van der Waals surface area contributed by atoms with Gasteiger partial charge in [0.1, 0.15) is 15.6 Å². The number of unbranched alkanes of at least 4 members (excludes halogenated alkanes) is 3. The van der Waals surface area contributed by atoms with Crippen LogP contribution in [0.2, 0.25) is 0 Å². The fourth-order valence-electron chi connectivity index (χ4n) is 1.65. The smallest absolute Gasteiger partial charge is 0.341 e. The molecule has 21 heavy (non-hydrogen) atoms. The lowest BCUT2D eigenvalue weighted by Crippen LogP contribution is -2.28. The summed E-state index contributed by atoms with van der Waals surface area (Å²) in [6.07, 6.45) is 4.53. The first-order valence-electron chi connectivity index (χ1n) is 7.00. The summed E-state index contributed by atoms with van der Waals surface area (Å²) in [5.74, 6) is -0.225. The average molecular weight is 331 g/mol. The van der Waals surface area contributed by atoms with Crippen molar-refractivity contribution in [3.8, 4) is 0 Å². The predicted octanol–water partition coefficient (Wildman–Crippen LogP) is 3.66. The third-order valence-electron chi connectivity index (χ3n) is 2.68. The molecule has 118 valence electrons. The van der Waals surface area contributed by atoms with E-state index in [-0.39, 0.29) is 10.6 Å². The molecule has 0 atom stereocenters. The molecule has 1 rings (SSSR count). The lowest BCUT2D eigenvalue weighted by molar-refractivity contribution is 0.0694. The molecule has 0 aliphatic rings. The second kappa shape index (κ2) is 9.62. The van der Waals surface area contributed by atoms with Gasteiger partial charge in [-0.1, -0.05) is 26.2 Å². The summed E-state index contributed by atoms with van der Waals surface area (Å²) in [4.78, 5) is 22.8. The van der Waals surface area contributed by atoms with Gasteiger partial charge in [-0.2, -0.15) is 4.37 Å². The molecule has 6 nitrogen and oxygen atoms in total. The van der Waals surface area contributed by atoms with Crippen molar-refractivity contribution in [2.45, 2.75) is 44.6 Å². The molecule has 1 heterocycles. The maximum absolute atomic E-state index is 11.5. The van der Waals surface area contributed by atoms with Gasteiger partial charge in [0.15, 0.2) is 0 Å². The van der Waals surface area contributed by atoms with Crippen molar-refractivity contribution in [1.82, 2.24) is 9.69 Å². The van der Waals surface area contributed by atoms with E-state index in [1.807, 2.05) is 0 Å². The van der Waals surface area contributed by atoms with Crippen LogP contribution in [0.4, 0.5) is 9.80 Å². The summed E-state index contributed by atoms with van der Waals surface area (Å²) in [6.45, 7) is 4.42. The first-order chi connectivity index (χ1) is 10.1. The summed E-state index contributed by atoms with van der Waals surface area (Å²) in [5, 5.41) is 15.2. The molecule has 8 heteroatoms.